The van der Waals surface area contributed by atoms with Gasteiger partial charge in [0, 0.05) is 37.0 Å². The van der Waals surface area contributed by atoms with Crippen molar-refractivity contribution in [3.05, 3.63) is 72.6 Å². The summed E-state index contributed by atoms with van der Waals surface area (Å²) in [5.74, 6) is 1.19. The van der Waals surface area contributed by atoms with Gasteiger partial charge in [-0.2, -0.15) is 0 Å². The van der Waals surface area contributed by atoms with Crippen LogP contribution in [-0.4, -0.2) is 9.97 Å². The first-order valence-electron chi connectivity index (χ1n) is 8.89. The van der Waals surface area contributed by atoms with Crippen molar-refractivity contribution >= 4 is 42.4 Å². The molecule has 0 saturated heterocycles. The maximum atomic E-state index is 5.00. The average Bonchev–Trinajstić information content (AvgIpc) is 3.06. The summed E-state index contributed by atoms with van der Waals surface area (Å²) in [5, 5.41) is 3.71. The predicted molar refractivity (Wildman–Crippen MR) is 112 cm³/mol. The summed E-state index contributed by atoms with van der Waals surface area (Å²) in [4.78, 5) is 9.78. The number of hydrogen-bond acceptors (Lipinski definition) is 3. The molecule has 2 nitrogen and oxygen atoms in total. The van der Waals surface area contributed by atoms with Crippen LogP contribution in [0.2, 0.25) is 0 Å². The number of nitrogens with zero attached hydrogens (tertiary/aromatic N) is 2. The predicted octanol–water partition coefficient (Wildman–Crippen LogP) is 6.79. The zero-order valence-electron chi connectivity index (χ0n) is 14.7. The molecule has 0 aliphatic carbocycles. The molecule has 0 spiro atoms. The van der Waals surface area contributed by atoms with Gasteiger partial charge in [-0.3, -0.25) is 0 Å². The van der Waals surface area contributed by atoms with Crippen LogP contribution < -0.4 is 0 Å². The van der Waals surface area contributed by atoms with E-state index >= 15 is 0 Å². The smallest absolute Gasteiger partial charge is 0.132 e. The van der Waals surface area contributed by atoms with Crippen LogP contribution in [0, 0.1) is 0 Å². The highest BCUT2D eigenvalue weighted by Crippen LogP contribution is 2.41. The lowest BCUT2D eigenvalue weighted by molar-refractivity contribution is 0.785. The maximum absolute atomic E-state index is 5.00. The minimum absolute atomic E-state index is 0.289. The van der Waals surface area contributed by atoms with E-state index in [9.17, 15) is 0 Å². The molecule has 126 valence electrons. The Hall–Kier alpha value is -2.78. The number of benzene rings is 3. The van der Waals surface area contributed by atoms with Crippen molar-refractivity contribution in [3.63, 3.8) is 0 Å². The molecular weight excluding hydrogens is 336 g/mol. The number of fused-ring (bicyclic) bond motifs is 4. The second-order valence-electron chi connectivity index (χ2n) is 6.88. The Morgan fingerprint density at radius 2 is 1.46 bits per heavy atom. The van der Waals surface area contributed by atoms with Crippen LogP contribution in [0.1, 0.15) is 25.6 Å². The van der Waals surface area contributed by atoms with Gasteiger partial charge >= 0.3 is 0 Å². The summed E-state index contributed by atoms with van der Waals surface area (Å²) >= 11 is 1.84. The van der Waals surface area contributed by atoms with Crippen LogP contribution >= 0.6 is 11.3 Å². The molecule has 0 amide bonds. The fourth-order valence-corrected chi connectivity index (χ4v) is 4.66. The van der Waals surface area contributed by atoms with E-state index in [0.29, 0.717) is 0 Å². The Bertz CT molecular complexity index is 1270. The molecule has 2 aromatic heterocycles. The first kappa shape index (κ1) is 15.5. The first-order chi connectivity index (χ1) is 12.7. The molecule has 0 saturated carbocycles. The molecule has 0 N–H and O–H groups in total. The van der Waals surface area contributed by atoms with Crippen LogP contribution in [-0.2, 0) is 0 Å². The van der Waals surface area contributed by atoms with Gasteiger partial charge in [0.05, 0.1) is 11.2 Å². The van der Waals surface area contributed by atoms with Gasteiger partial charge < -0.3 is 0 Å². The third-order valence-corrected chi connectivity index (χ3v) is 5.93. The van der Waals surface area contributed by atoms with Crippen LogP contribution in [0.4, 0.5) is 0 Å². The zero-order valence-corrected chi connectivity index (χ0v) is 15.5. The molecule has 0 fully saturated rings. The highest BCUT2D eigenvalue weighted by atomic mass is 32.1. The summed E-state index contributed by atoms with van der Waals surface area (Å²) in [5.41, 5.74) is 3.24. The summed E-state index contributed by atoms with van der Waals surface area (Å²) in [7, 11) is 0. The van der Waals surface area contributed by atoms with E-state index in [1.165, 1.54) is 25.7 Å². The Balaban J connectivity index is 1.94. The summed E-state index contributed by atoms with van der Waals surface area (Å²) in [6.07, 6.45) is 0. The minimum Gasteiger partial charge on any atom is -0.233 e. The van der Waals surface area contributed by atoms with Gasteiger partial charge in [-0.05, 0) is 18.2 Å². The van der Waals surface area contributed by atoms with Gasteiger partial charge in [0.15, 0.2) is 0 Å². The molecule has 0 bridgehead atoms. The van der Waals surface area contributed by atoms with Gasteiger partial charge in [-0.15, -0.1) is 11.3 Å². The first-order valence-corrected chi connectivity index (χ1v) is 9.71. The molecule has 2 heterocycles. The molecular formula is C23H18N2S. The van der Waals surface area contributed by atoms with Crippen LogP contribution in [0.15, 0.2) is 66.7 Å². The number of thiophene rings is 1. The van der Waals surface area contributed by atoms with Gasteiger partial charge in [-0.1, -0.05) is 62.4 Å². The molecule has 3 heteroatoms. The van der Waals surface area contributed by atoms with Crippen molar-refractivity contribution < 1.29 is 0 Å². The van der Waals surface area contributed by atoms with E-state index in [1.807, 2.05) is 17.4 Å². The van der Waals surface area contributed by atoms with Gasteiger partial charge in [0.1, 0.15) is 5.82 Å². The Morgan fingerprint density at radius 1 is 0.731 bits per heavy atom. The van der Waals surface area contributed by atoms with E-state index in [0.717, 1.165) is 22.4 Å². The molecule has 0 atom stereocenters. The molecule has 5 aromatic rings. The monoisotopic (exact) mass is 354 g/mol. The molecule has 5 rings (SSSR count). The quantitative estimate of drug-likeness (QED) is 0.349. The second kappa shape index (κ2) is 5.89. The van der Waals surface area contributed by atoms with E-state index in [1.54, 1.807) is 0 Å². The van der Waals surface area contributed by atoms with E-state index in [-0.39, 0.29) is 5.92 Å². The molecule has 0 aliphatic heterocycles. The maximum Gasteiger partial charge on any atom is 0.132 e. The number of para-hydroxylation sites is 1. The molecule has 0 unspecified atom stereocenters. The summed E-state index contributed by atoms with van der Waals surface area (Å²) in [6, 6.07) is 23.5. The molecule has 3 aromatic carbocycles. The van der Waals surface area contributed by atoms with Crippen molar-refractivity contribution in [2.24, 2.45) is 0 Å². The highest BCUT2D eigenvalue weighted by molar-refractivity contribution is 7.25. The van der Waals surface area contributed by atoms with Crippen molar-refractivity contribution in [2.45, 2.75) is 19.8 Å². The molecule has 26 heavy (non-hydrogen) atoms. The van der Waals surface area contributed by atoms with Crippen LogP contribution in [0.25, 0.3) is 42.3 Å². The lowest BCUT2D eigenvalue weighted by Gasteiger charge is -2.12. The van der Waals surface area contributed by atoms with Gasteiger partial charge in [0.2, 0.25) is 0 Å². The fraction of sp³-hybridized carbons (Fsp3) is 0.130. The zero-order chi connectivity index (χ0) is 17.7. The van der Waals surface area contributed by atoms with Crippen molar-refractivity contribution in [2.75, 3.05) is 0 Å². The second-order valence-corrected chi connectivity index (χ2v) is 7.96. The standard InChI is InChI=1S/C23H18N2S/c1-14(2)23-24-18-11-5-3-8-15(18)22(25-23)17-10-7-13-20-21(17)16-9-4-6-12-19(16)26-20/h3-14H,1-2H3. The molecule has 0 radical (unpaired) electrons. The lowest BCUT2D eigenvalue weighted by Crippen LogP contribution is -2.00. The minimum atomic E-state index is 0.289. The van der Waals surface area contributed by atoms with E-state index in [2.05, 4.69) is 74.5 Å². The van der Waals surface area contributed by atoms with Crippen LogP contribution in [0.3, 0.4) is 0 Å². The SMILES string of the molecule is CC(C)c1nc(-c2cccc3sc4ccccc4c23)c2ccccc2n1. The number of hydrogen-bond donors (Lipinski definition) is 0. The number of aromatic nitrogens is 2. The lowest BCUT2D eigenvalue weighted by atomic mass is 10.00. The third kappa shape index (κ3) is 2.31. The van der Waals surface area contributed by atoms with Crippen LogP contribution in [0.5, 0.6) is 0 Å². The fourth-order valence-electron chi connectivity index (χ4n) is 3.53. The summed E-state index contributed by atoms with van der Waals surface area (Å²) < 4.78 is 2.62. The number of rotatable bonds is 2. The van der Waals surface area contributed by atoms with E-state index in [4.69, 9.17) is 9.97 Å². The normalized spacial score (nSPS) is 11.8. The topological polar surface area (TPSA) is 25.8 Å². The average molecular weight is 354 g/mol. The van der Waals surface area contributed by atoms with Gasteiger partial charge in [-0.25, -0.2) is 9.97 Å². The van der Waals surface area contributed by atoms with Gasteiger partial charge in [0.25, 0.3) is 0 Å². The highest BCUT2D eigenvalue weighted by Gasteiger charge is 2.16. The van der Waals surface area contributed by atoms with Crippen molar-refractivity contribution in [3.8, 4) is 11.3 Å². The van der Waals surface area contributed by atoms with Crippen molar-refractivity contribution in [1.82, 2.24) is 9.97 Å². The third-order valence-electron chi connectivity index (χ3n) is 4.79. The Morgan fingerprint density at radius 3 is 2.31 bits per heavy atom. The summed E-state index contributed by atoms with van der Waals surface area (Å²) in [6.45, 7) is 4.29. The van der Waals surface area contributed by atoms with Crippen molar-refractivity contribution in [1.29, 1.82) is 0 Å². The largest absolute Gasteiger partial charge is 0.233 e. The Kier molecular flexibility index (Phi) is 3.50. The van der Waals surface area contributed by atoms with E-state index < -0.39 is 0 Å². The Labute approximate surface area is 156 Å². The molecule has 0 aliphatic rings.